The molecule has 6 amide bonds. The third-order valence-electron chi connectivity index (χ3n) is 20.2. The molecule has 0 radical (unpaired) electrons. The lowest BCUT2D eigenvalue weighted by Gasteiger charge is -2.38. The first-order valence-corrected chi connectivity index (χ1v) is 40.7. The Morgan fingerprint density at radius 1 is 0.600 bits per heavy atom. The number of ether oxygens (including phenoxy) is 8. The zero-order chi connectivity index (χ0) is 81.2. The van der Waals surface area contributed by atoms with E-state index in [-0.39, 0.29) is 183 Å². The van der Waals surface area contributed by atoms with E-state index < -0.39 is 56.3 Å². The van der Waals surface area contributed by atoms with Gasteiger partial charge in [0, 0.05) is 76.4 Å². The van der Waals surface area contributed by atoms with Crippen LogP contribution in [0, 0.1) is 30.6 Å². The molecule has 0 spiro atoms. The smallest absolute Gasteiger partial charge is 0.411 e. The number of aryl methyl sites for hydroxylation is 1. The van der Waals surface area contributed by atoms with Crippen molar-refractivity contribution in [2.75, 3.05) is 84.2 Å². The molecule has 0 bridgehead atoms. The molecule has 0 saturated carbocycles. The fourth-order valence-corrected chi connectivity index (χ4v) is 13.3. The Hall–Kier alpha value is -9.50. The molecule has 4 aromatic rings. The number of ketones is 3. The minimum Gasteiger partial charge on any atom is -0.493 e. The van der Waals surface area contributed by atoms with Gasteiger partial charge in [0.1, 0.15) is 31.4 Å². The van der Waals surface area contributed by atoms with Gasteiger partial charge in [-0.15, -0.1) is 0 Å². The number of Topliss-reactive ketones (excluding diaryl/α,β-unsaturated/α-hetero) is 3. The van der Waals surface area contributed by atoms with Crippen molar-refractivity contribution in [1.29, 1.82) is 0 Å². The first-order valence-electron chi connectivity index (χ1n) is 37.8. The molecule has 0 unspecified atom stereocenters. The van der Waals surface area contributed by atoms with Crippen LogP contribution in [-0.4, -0.2) is 175 Å². The molecule has 26 heteroatoms. The summed E-state index contributed by atoms with van der Waals surface area (Å²) in [6, 6.07) is 17.9. The van der Waals surface area contributed by atoms with Crippen molar-refractivity contribution in [2.24, 2.45) is 23.7 Å². The Bertz CT molecular complexity index is 3900. The maximum absolute atomic E-state index is 14.9. The van der Waals surface area contributed by atoms with Crippen molar-refractivity contribution in [1.82, 2.24) is 20.4 Å². The molecule has 2 heterocycles. The molecule has 4 N–H and O–H groups in total. The Kier molecular flexibility index (Phi) is 34.6. The molecule has 600 valence electrons. The monoisotopic (exact) mass is 1540 g/mol. The van der Waals surface area contributed by atoms with E-state index in [4.69, 9.17) is 42.3 Å². The number of hydrogen-bond donors (Lipinski definition) is 4. The Labute approximate surface area is 649 Å². The van der Waals surface area contributed by atoms with Crippen LogP contribution in [0.3, 0.4) is 0 Å². The first-order chi connectivity index (χ1) is 52.1. The number of carbonyl (C=O) groups is 10. The maximum Gasteiger partial charge on any atom is 0.411 e. The van der Waals surface area contributed by atoms with Gasteiger partial charge in [0.05, 0.1) is 99.7 Å². The number of hydrogen-bond acceptors (Lipinski definition) is 19. The molecule has 0 aromatic heterocycles. The Morgan fingerprint density at radius 3 is 1.55 bits per heavy atom. The van der Waals surface area contributed by atoms with Crippen LogP contribution >= 0.6 is 0 Å². The lowest BCUT2D eigenvalue weighted by Crippen LogP contribution is -2.46. The predicted octanol–water partition coefficient (Wildman–Crippen LogP) is 13.2. The second-order valence-electron chi connectivity index (χ2n) is 30.6. The number of nitrogens with zero attached hydrogens (tertiary/aromatic N) is 2. The van der Waals surface area contributed by atoms with E-state index in [1.807, 2.05) is 34.6 Å². The van der Waals surface area contributed by atoms with Crippen molar-refractivity contribution in [2.45, 2.75) is 189 Å². The normalized spacial score (nSPS) is 15.5. The van der Waals surface area contributed by atoms with Crippen molar-refractivity contribution in [3.05, 3.63) is 149 Å². The van der Waals surface area contributed by atoms with Crippen LogP contribution < -0.4 is 35.5 Å². The Balaban J connectivity index is 1.13. The van der Waals surface area contributed by atoms with E-state index >= 15 is 0 Å². The summed E-state index contributed by atoms with van der Waals surface area (Å²) in [4.78, 5) is 139. The van der Waals surface area contributed by atoms with Crippen LogP contribution in [0.4, 0.5) is 21.0 Å². The first kappa shape index (κ1) is 89.4. The molecule has 2 fully saturated rings. The van der Waals surface area contributed by atoms with Crippen molar-refractivity contribution >= 4 is 78.8 Å². The third-order valence-corrected chi connectivity index (χ3v) is 24.7. The second kappa shape index (κ2) is 42.6. The molecule has 110 heavy (non-hydrogen) atoms. The molecule has 4 aromatic carbocycles. The fraction of sp³-hybridized carbons (Fsp3) is 0.524. The highest BCUT2D eigenvalue weighted by molar-refractivity contribution is 6.74. The van der Waals surface area contributed by atoms with Crippen LogP contribution in [0.1, 0.15) is 163 Å². The van der Waals surface area contributed by atoms with Gasteiger partial charge in [-0.05, 0) is 110 Å². The summed E-state index contributed by atoms with van der Waals surface area (Å²) in [5, 5.41) is 11.1. The molecule has 6 atom stereocenters. The van der Waals surface area contributed by atoms with E-state index in [2.05, 4.69) is 74.9 Å². The van der Waals surface area contributed by atoms with Crippen LogP contribution in [0.15, 0.2) is 110 Å². The van der Waals surface area contributed by atoms with Crippen LogP contribution in [0.25, 0.3) is 0 Å². The van der Waals surface area contributed by atoms with E-state index in [9.17, 15) is 47.9 Å². The van der Waals surface area contributed by atoms with Crippen molar-refractivity contribution in [3.63, 3.8) is 0 Å². The van der Waals surface area contributed by atoms with E-state index in [1.165, 1.54) is 25.3 Å². The highest BCUT2D eigenvalue weighted by atomic mass is 28.4. The zero-order valence-electron chi connectivity index (χ0n) is 67.0. The molecular weight excluding hydrogens is 1430 g/mol. The number of benzene rings is 4. The lowest BCUT2D eigenvalue weighted by atomic mass is 9.88. The van der Waals surface area contributed by atoms with E-state index in [0.717, 1.165) is 11.1 Å². The van der Waals surface area contributed by atoms with Crippen LogP contribution in [0.2, 0.25) is 18.1 Å². The predicted molar refractivity (Wildman–Crippen MR) is 423 cm³/mol. The van der Waals surface area contributed by atoms with Crippen LogP contribution in [-0.2, 0) is 82.9 Å². The minimum atomic E-state index is -2.23. The van der Waals surface area contributed by atoms with Gasteiger partial charge < -0.3 is 62.8 Å². The lowest BCUT2D eigenvalue weighted by molar-refractivity contribution is -0.146. The summed E-state index contributed by atoms with van der Waals surface area (Å²) < 4.78 is 52.0. The summed E-state index contributed by atoms with van der Waals surface area (Å²) in [6.45, 7) is 38.7. The largest absolute Gasteiger partial charge is 0.493 e. The van der Waals surface area contributed by atoms with Crippen molar-refractivity contribution < 1.29 is 90.3 Å². The van der Waals surface area contributed by atoms with Gasteiger partial charge in [-0.25, -0.2) is 9.59 Å². The summed E-state index contributed by atoms with van der Waals surface area (Å²) in [7, 11) is 0.768. The summed E-state index contributed by atoms with van der Waals surface area (Å²) >= 11 is 0. The van der Waals surface area contributed by atoms with Gasteiger partial charge in [-0.1, -0.05) is 141 Å². The number of carbonyl (C=O) groups excluding carboxylic acids is 10. The summed E-state index contributed by atoms with van der Waals surface area (Å²) in [6.07, 6.45) is 1.88. The van der Waals surface area contributed by atoms with Gasteiger partial charge in [-0.3, -0.25) is 49.0 Å². The maximum atomic E-state index is 14.9. The van der Waals surface area contributed by atoms with E-state index in [0.29, 0.717) is 79.2 Å². The minimum absolute atomic E-state index is 0.00316. The number of esters is 1. The standard InChI is InChI=1S/C84H116N6O19Si/c1-19-31-106-77(94)44-67(53(5)6)79(96)86-58(11)73(93)41-60-24-26-61(27-25-60)49-107-82(99)87-70-45-74(56(9)39-68(70)80(97)90-48-55(8)38-64(90)51-109-110(17,18)84(12,13)14)104-32-21-33-105-76-46-71(69(43-75(76)102-16)81(98)89-47-54(7)37-63(89)20-2)88-83(100)108-50-62-28-22-59(23-29-62)40-72(92)57(10)85-78(95)66(52(3)4)42-65(91)30-34-103-36-35-101-15/h19,22-29,39,43,45-46,52-53,57-58,63-64,66-67H,1,7-8,20-21,30-38,40-42,44,47-51H2,2-6,9-18H3,(H,85,95)(H,86,96)(H,87,99)(H,88,100)/t57-,58-,63+,64-,66-,67-/m0/s1. The van der Waals surface area contributed by atoms with Gasteiger partial charge in [0.2, 0.25) is 11.8 Å². The highest BCUT2D eigenvalue weighted by Gasteiger charge is 2.41. The SMILES string of the molecule is C=CCOC(=O)C[C@H](C(=O)N[C@@H](C)C(=O)Cc1ccc(COC(=O)Nc2cc(OCCCOc3cc(NC(=O)OCc4ccc(CC(=O)[C@H](C)NC(=O)[C@@H](CC(=O)CCOCCOC)C(C)C)cc4)c(C(=O)N4CC(=C)C[C@H]4CC)cc3OC)c(C)cc2C(=O)N2CC(=C)C[C@H]2CO[Si](C)(C)C(C)(C)C)cc1)C(C)C. The number of anilines is 2. The number of nitrogens with one attached hydrogen (secondary N) is 4. The van der Waals surface area contributed by atoms with Crippen LogP contribution in [0.5, 0.6) is 17.2 Å². The number of likely N-dealkylation sites (tertiary alicyclic amines) is 2. The van der Waals surface area contributed by atoms with Gasteiger partial charge >= 0.3 is 18.2 Å². The zero-order valence-corrected chi connectivity index (χ0v) is 68.0. The number of amides is 6. The molecule has 2 aliphatic heterocycles. The molecule has 2 saturated heterocycles. The second-order valence-corrected chi connectivity index (χ2v) is 35.4. The average molecular weight is 1540 g/mol. The molecule has 6 rings (SSSR count). The number of rotatable bonds is 43. The molecular formula is C84H116N6O19Si. The van der Waals surface area contributed by atoms with Gasteiger partial charge in [-0.2, -0.15) is 0 Å². The molecule has 25 nitrogen and oxygen atoms in total. The topological polar surface area (TPSA) is 308 Å². The van der Waals surface area contributed by atoms with Gasteiger partial charge in [0.15, 0.2) is 31.4 Å². The quantitative estimate of drug-likeness (QED) is 0.0105. The van der Waals surface area contributed by atoms with Crippen molar-refractivity contribution in [3.8, 4) is 17.2 Å². The average Bonchev–Trinajstić information content (AvgIpc) is 1.54. The molecule has 2 aliphatic rings. The molecule has 0 aliphatic carbocycles. The summed E-state index contributed by atoms with van der Waals surface area (Å²) in [5.41, 5.74) is 5.39. The Morgan fingerprint density at radius 2 is 1.07 bits per heavy atom. The van der Waals surface area contributed by atoms with Gasteiger partial charge in [0.25, 0.3) is 11.8 Å². The summed E-state index contributed by atoms with van der Waals surface area (Å²) in [5.74, 6) is -3.59. The fourth-order valence-electron chi connectivity index (χ4n) is 12.3. The third kappa shape index (κ3) is 26.9. The highest BCUT2D eigenvalue weighted by Crippen LogP contribution is 2.40. The number of methoxy groups -OCH3 is 2. The van der Waals surface area contributed by atoms with E-state index in [1.54, 1.807) is 98.3 Å².